The summed E-state index contributed by atoms with van der Waals surface area (Å²) < 4.78 is 5.49. The molecule has 5 nitrogen and oxygen atoms in total. The molecule has 0 spiro atoms. The predicted octanol–water partition coefficient (Wildman–Crippen LogP) is 1.80. The van der Waals surface area contributed by atoms with Gasteiger partial charge in [-0.15, -0.1) is 0 Å². The molecule has 2 aromatic rings. The first-order valence-corrected chi connectivity index (χ1v) is 5.19. The summed E-state index contributed by atoms with van der Waals surface area (Å²) in [5.74, 6) is -0.601. The highest BCUT2D eigenvalue weighted by molar-refractivity contribution is 5.91. The van der Waals surface area contributed by atoms with Gasteiger partial charge >= 0.3 is 5.97 Å². The van der Waals surface area contributed by atoms with E-state index in [1.165, 1.54) is 12.1 Å². The van der Waals surface area contributed by atoms with Crippen LogP contribution in [0.5, 0.6) is 0 Å². The van der Waals surface area contributed by atoms with Crippen LogP contribution in [0, 0.1) is 0 Å². The van der Waals surface area contributed by atoms with E-state index in [-0.39, 0.29) is 12.2 Å². The Morgan fingerprint density at radius 1 is 1.47 bits per heavy atom. The summed E-state index contributed by atoms with van der Waals surface area (Å²) in [7, 11) is 0. The van der Waals surface area contributed by atoms with E-state index in [2.05, 4.69) is 4.98 Å². The molecule has 0 atom stereocenters. The molecule has 0 fully saturated rings. The number of carboxylic acids is 1. The van der Waals surface area contributed by atoms with Gasteiger partial charge in [-0.05, 0) is 32.0 Å². The number of fused-ring (bicyclic) bond motifs is 1. The average Bonchev–Trinajstić information content (AvgIpc) is 2.72. The van der Waals surface area contributed by atoms with Gasteiger partial charge in [-0.25, -0.2) is 9.78 Å². The van der Waals surface area contributed by atoms with Crippen LogP contribution >= 0.6 is 0 Å². The molecular weight excluding hydrogens is 222 g/mol. The number of carboxylic acid groups (broad SMARTS) is 1. The Balaban J connectivity index is 2.54. The number of aliphatic hydroxyl groups excluding tert-OH is 1. The van der Waals surface area contributed by atoms with Crippen molar-refractivity contribution < 1.29 is 19.4 Å². The molecule has 0 aliphatic rings. The third-order valence-corrected chi connectivity index (χ3v) is 2.61. The van der Waals surface area contributed by atoms with Crippen LogP contribution in [0.2, 0.25) is 0 Å². The second kappa shape index (κ2) is 3.85. The van der Waals surface area contributed by atoms with E-state index in [1.807, 2.05) is 0 Å². The van der Waals surface area contributed by atoms with Gasteiger partial charge < -0.3 is 14.6 Å². The predicted molar refractivity (Wildman–Crippen MR) is 61.1 cm³/mol. The Bertz CT molecular complexity index is 571. The zero-order valence-corrected chi connectivity index (χ0v) is 9.60. The molecule has 0 saturated heterocycles. The maximum absolute atomic E-state index is 10.8. The lowest BCUT2D eigenvalue weighted by Gasteiger charge is -2.15. The second-order valence-corrected chi connectivity index (χ2v) is 4.55. The minimum absolute atomic E-state index is 0.0917. The number of aliphatic hydroxyl groups is 1. The van der Waals surface area contributed by atoms with Crippen molar-refractivity contribution in [3.63, 3.8) is 0 Å². The highest BCUT2D eigenvalue weighted by atomic mass is 16.4. The van der Waals surface area contributed by atoms with Crippen molar-refractivity contribution in [2.75, 3.05) is 6.61 Å². The number of hydrogen-bond donors (Lipinski definition) is 2. The quantitative estimate of drug-likeness (QED) is 0.847. The largest absolute Gasteiger partial charge is 0.478 e. The Hall–Kier alpha value is -1.88. The molecule has 1 aromatic heterocycles. The number of rotatable bonds is 3. The molecule has 5 heteroatoms. The maximum Gasteiger partial charge on any atom is 0.335 e. The Morgan fingerprint density at radius 3 is 2.76 bits per heavy atom. The standard InChI is InChI=1S/C12H13NO4/c1-12(2,6-14)11-13-8-5-7(10(15)16)3-4-9(8)17-11/h3-5,14H,6H2,1-2H3,(H,15,16). The first-order chi connectivity index (χ1) is 7.94. The third kappa shape index (κ3) is 2.01. The van der Waals surface area contributed by atoms with Crippen molar-refractivity contribution in [3.05, 3.63) is 29.7 Å². The Morgan fingerprint density at radius 2 is 2.18 bits per heavy atom. The highest BCUT2D eigenvalue weighted by Crippen LogP contribution is 2.26. The van der Waals surface area contributed by atoms with Crippen molar-refractivity contribution >= 4 is 17.1 Å². The van der Waals surface area contributed by atoms with E-state index in [9.17, 15) is 9.90 Å². The van der Waals surface area contributed by atoms with E-state index in [1.54, 1.807) is 19.9 Å². The summed E-state index contributed by atoms with van der Waals surface area (Å²) in [6, 6.07) is 4.49. The zero-order chi connectivity index (χ0) is 12.6. The fraction of sp³-hybridized carbons (Fsp3) is 0.333. The molecule has 0 aliphatic carbocycles. The zero-order valence-electron chi connectivity index (χ0n) is 9.60. The van der Waals surface area contributed by atoms with Gasteiger partial charge in [0.05, 0.1) is 17.6 Å². The lowest BCUT2D eigenvalue weighted by atomic mass is 9.95. The van der Waals surface area contributed by atoms with Crippen LogP contribution in [0.3, 0.4) is 0 Å². The summed E-state index contributed by atoms with van der Waals surface area (Å²) in [6.07, 6.45) is 0. The topological polar surface area (TPSA) is 83.6 Å². The molecule has 1 aromatic carbocycles. The van der Waals surface area contributed by atoms with Gasteiger partial charge in [-0.3, -0.25) is 0 Å². The van der Waals surface area contributed by atoms with Gasteiger partial charge in [0.2, 0.25) is 5.89 Å². The fourth-order valence-electron chi connectivity index (χ4n) is 1.42. The van der Waals surface area contributed by atoms with Crippen LogP contribution in [0.15, 0.2) is 22.6 Å². The summed E-state index contributed by atoms with van der Waals surface area (Å²) in [6.45, 7) is 3.51. The van der Waals surface area contributed by atoms with Crippen LogP contribution in [-0.4, -0.2) is 27.8 Å². The molecule has 2 rings (SSSR count). The summed E-state index contributed by atoms with van der Waals surface area (Å²) in [5, 5.41) is 18.1. The van der Waals surface area contributed by atoms with Crippen LogP contribution in [0.25, 0.3) is 11.1 Å². The molecule has 0 aliphatic heterocycles. The SMILES string of the molecule is CC(C)(CO)c1nc2cc(C(=O)O)ccc2o1. The molecule has 90 valence electrons. The minimum atomic E-state index is -1.00. The van der Waals surface area contributed by atoms with Gasteiger partial charge in [-0.2, -0.15) is 0 Å². The third-order valence-electron chi connectivity index (χ3n) is 2.61. The number of nitrogens with zero attached hydrogens (tertiary/aromatic N) is 1. The number of aromatic carboxylic acids is 1. The molecule has 0 unspecified atom stereocenters. The molecule has 0 bridgehead atoms. The average molecular weight is 235 g/mol. The van der Waals surface area contributed by atoms with Crippen molar-refractivity contribution in [1.29, 1.82) is 0 Å². The summed E-state index contributed by atoms with van der Waals surface area (Å²) in [4.78, 5) is 15.0. The minimum Gasteiger partial charge on any atom is -0.478 e. The van der Waals surface area contributed by atoms with Gasteiger partial charge in [0.25, 0.3) is 0 Å². The monoisotopic (exact) mass is 235 g/mol. The normalized spacial score (nSPS) is 11.9. The molecule has 1 heterocycles. The Kier molecular flexibility index (Phi) is 2.63. The smallest absolute Gasteiger partial charge is 0.335 e. The molecule has 0 radical (unpaired) electrons. The number of oxazole rings is 1. The first kappa shape index (κ1) is 11.6. The van der Waals surface area contributed by atoms with E-state index >= 15 is 0 Å². The Labute approximate surface area is 97.7 Å². The number of benzene rings is 1. The van der Waals surface area contributed by atoms with E-state index in [4.69, 9.17) is 9.52 Å². The molecular formula is C12H13NO4. The highest BCUT2D eigenvalue weighted by Gasteiger charge is 2.26. The molecule has 2 N–H and O–H groups in total. The van der Waals surface area contributed by atoms with Gasteiger partial charge in [0.15, 0.2) is 5.58 Å². The van der Waals surface area contributed by atoms with E-state index < -0.39 is 11.4 Å². The van der Waals surface area contributed by atoms with Crippen LogP contribution in [0.1, 0.15) is 30.1 Å². The van der Waals surface area contributed by atoms with Gasteiger partial charge in [-0.1, -0.05) is 0 Å². The molecule has 0 amide bonds. The van der Waals surface area contributed by atoms with Crippen molar-refractivity contribution in [2.45, 2.75) is 19.3 Å². The lowest BCUT2D eigenvalue weighted by molar-refractivity contribution is 0.0697. The number of aromatic nitrogens is 1. The summed E-state index contributed by atoms with van der Waals surface area (Å²) in [5.41, 5.74) is 0.592. The molecule has 17 heavy (non-hydrogen) atoms. The van der Waals surface area contributed by atoms with Gasteiger partial charge in [0.1, 0.15) is 5.52 Å². The maximum atomic E-state index is 10.8. The molecule has 0 saturated carbocycles. The second-order valence-electron chi connectivity index (χ2n) is 4.55. The van der Waals surface area contributed by atoms with Crippen molar-refractivity contribution in [3.8, 4) is 0 Å². The van der Waals surface area contributed by atoms with Gasteiger partial charge in [0, 0.05) is 0 Å². The van der Waals surface area contributed by atoms with Crippen LogP contribution in [0.4, 0.5) is 0 Å². The van der Waals surface area contributed by atoms with Crippen molar-refractivity contribution in [1.82, 2.24) is 4.98 Å². The number of carbonyl (C=O) groups is 1. The van der Waals surface area contributed by atoms with E-state index in [0.717, 1.165) is 0 Å². The van der Waals surface area contributed by atoms with Crippen LogP contribution in [-0.2, 0) is 5.41 Å². The fourth-order valence-corrected chi connectivity index (χ4v) is 1.42. The summed E-state index contributed by atoms with van der Waals surface area (Å²) >= 11 is 0. The first-order valence-electron chi connectivity index (χ1n) is 5.19. The van der Waals surface area contributed by atoms with Crippen LogP contribution < -0.4 is 0 Å². The van der Waals surface area contributed by atoms with Crippen molar-refractivity contribution in [2.24, 2.45) is 0 Å². The number of hydrogen-bond acceptors (Lipinski definition) is 4. The lowest BCUT2D eigenvalue weighted by Crippen LogP contribution is -2.22. The van der Waals surface area contributed by atoms with E-state index in [0.29, 0.717) is 17.0 Å².